The number of piperidine rings is 1. The van der Waals surface area contributed by atoms with E-state index < -0.39 is 0 Å². The highest BCUT2D eigenvalue weighted by atomic mass is 16.2. The second-order valence-electron chi connectivity index (χ2n) is 4.03. The van der Waals surface area contributed by atoms with Gasteiger partial charge in [-0.1, -0.05) is 6.92 Å². The van der Waals surface area contributed by atoms with Crippen molar-refractivity contribution in [2.45, 2.75) is 26.2 Å². The van der Waals surface area contributed by atoms with Gasteiger partial charge in [0.25, 0.3) is 0 Å². The lowest BCUT2D eigenvalue weighted by molar-refractivity contribution is -0.122. The molecule has 15 heavy (non-hydrogen) atoms. The van der Waals surface area contributed by atoms with Gasteiger partial charge in [-0.15, -0.1) is 0 Å². The van der Waals surface area contributed by atoms with Crippen molar-refractivity contribution in [3.05, 3.63) is 0 Å². The molecule has 0 radical (unpaired) electrons. The van der Waals surface area contributed by atoms with E-state index in [2.05, 4.69) is 16.3 Å². The number of likely N-dealkylation sites (tertiary alicyclic amines) is 1. The summed E-state index contributed by atoms with van der Waals surface area (Å²) in [5.41, 5.74) is 0. The van der Waals surface area contributed by atoms with Crippen LogP contribution in [-0.4, -0.2) is 37.0 Å². The van der Waals surface area contributed by atoms with Crippen LogP contribution in [0.25, 0.3) is 0 Å². The highest BCUT2D eigenvalue weighted by Gasteiger charge is 2.19. The maximum atomic E-state index is 11.4. The van der Waals surface area contributed by atoms with E-state index in [1.165, 1.54) is 0 Å². The lowest BCUT2D eigenvalue weighted by Gasteiger charge is -2.28. The minimum Gasteiger partial charge on any atom is -0.355 e. The van der Waals surface area contributed by atoms with Crippen molar-refractivity contribution in [3.63, 3.8) is 0 Å². The van der Waals surface area contributed by atoms with Gasteiger partial charge < -0.3 is 5.32 Å². The van der Waals surface area contributed by atoms with E-state index in [0.29, 0.717) is 6.54 Å². The molecule has 4 heteroatoms. The Bertz CT molecular complexity index is 239. The summed E-state index contributed by atoms with van der Waals surface area (Å²) < 4.78 is 0. The van der Waals surface area contributed by atoms with Gasteiger partial charge in [-0.2, -0.15) is 5.26 Å². The molecule has 0 bridgehead atoms. The summed E-state index contributed by atoms with van der Waals surface area (Å²) in [5, 5.41) is 11.6. The van der Waals surface area contributed by atoms with Crippen LogP contribution >= 0.6 is 0 Å². The van der Waals surface area contributed by atoms with E-state index in [4.69, 9.17) is 5.26 Å². The summed E-state index contributed by atoms with van der Waals surface area (Å²) in [4.78, 5) is 13.5. The van der Waals surface area contributed by atoms with Gasteiger partial charge in [0.1, 0.15) is 0 Å². The normalized spacial score (nSPS) is 18.4. The maximum Gasteiger partial charge on any atom is 0.234 e. The van der Waals surface area contributed by atoms with Crippen molar-refractivity contribution in [2.75, 3.05) is 26.2 Å². The van der Waals surface area contributed by atoms with Gasteiger partial charge in [0.15, 0.2) is 0 Å². The summed E-state index contributed by atoms with van der Waals surface area (Å²) in [6.45, 7) is 5.03. The smallest absolute Gasteiger partial charge is 0.234 e. The third-order valence-corrected chi connectivity index (χ3v) is 2.71. The first-order valence-corrected chi connectivity index (χ1v) is 5.65. The van der Waals surface area contributed by atoms with Gasteiger partial charge in [0, 0.05) is 12.5 Å². The van der Waals surface area contributed by atoms with Crippen molar-refractivity contribution < 1.29 is 4.79 Å². The lowest BCUT2D eigenvalue weighted by atomic mass is 9.99. The molecule has 1 heterocycles. The van der Waals surface area contributed by atoms with Gasteiger partial charge >= 0.3 is 0 Å². The molecule has 0 spiro atoms. The molecular formula is C11H19N3O. The Morgan fingerprint density at radius 2 is 2.20 bits per heavy atom. The molecule has 0 atom stereocenters. The monoisotopic (exact) mass is 209 g/mol. The molecule has 1 fully saturated rings. The van der Waals surface area contributed by atoms with E-state index in [0.717, 1.165) is 38.9 Å². The van der Waals surface area contributed by atoms with Crippen molar-refractivity contribution in [1.29, 1.82) is 5.26 Å². The molecule has 1 amide bonds. The molecular weight excluding hydrogens is 190 g/mol. The second-order valence-corrected chi connectivity index (χ2v) is 4.03. The first kappa shape index (κ1) is 12.0. The van der Waals surface area contributed by atoms with Crippen LogP contribution in [0.3, 0.4) is 0 Å². The number of carbonyl (C=O) groups is 1. The molecule has 0 aromatic carbocycles. The summed E-state index contributed by atoms with van der Waals surface area (Å²) in [6, 6.07) is 2.28. The molecule has 84 valence electrons. The van der Waals surface area contributed by atoms with Gasteiger partial charge in [-0.25, -0.2) is 0 Å². The van der Waals surface area contributed by atoms with E-state index >= 15 is 0 Å². The van der Waals surface area contributed by atoms with E-state index in [9.17, 15) is 4.79 Å². The summed E-state index contributed by atoms with van der Waals surface area (Å²) in [6.07, 6.45) is 2.78. The largest absolute Gasteiger partial charge is 0.355 e. The average Bonchev–Trinajstić information content (AvgIpc) is 2.27. The molecule has 1 aliphatic heterocycles. The van der Waals surface area contributed by atoms with Gasteiger partial charge in [-0.3, -0.25) is 9.69 Å². The zero-order valence-corrected chi connectivity index (χ0v) is 9.33. The Labute approximate surface area is 91.2 Å². The molecule has 0 unspecified atom stereocenters. The molecule has 0 aromatic heterocycles. The minimum atomic E-state index is 0.104. The van der Waals surface area contributed by atoms with Crippen molar-refractivity contribution in [1.82, 2.24) is 10.2 Å². The number of nitriles is 1. The highest BCUT2D eigenvalue weighted by Crippen LogP contribution is 2.15. The summed E-state index contributed by atoms with van der Waals surface area (Å²) in [7, 11) is 0. The molecule has 0 aromatic rings. The number of nitrogens with one attached hydrogen (secondary N) is 1. The zero-order chi connectivity index (χ0) is 11.1. The Balaban J connectivity index is 2.18. The van der Waals surface area contributed by atoms with Crippen LogP contribution in [-0.2, 0) is 4.79 Å². The molecule has 1 rings (SSSR count). The second kappa shape index (κ2) is 6.41. The Kier molecular flexibility index (Phi) is 5.13. The average molecular weight is 209 g/mol. The Morgan fingerprint density at radius 1 is 1.53 bits per heavy atom. The highest BCUT2D eigenvalue weighted by molar-refractivity contribution is 5.77. The molecule has 1 aliphatic rings. The number of amides is 1. The van der Waals surface area contributed by atoms with Crippen LogP contribution in [0.2, 0.25) is 0 Å². The van der Waals surface area contributed by atoms with E-state index in [1.54, 1.807) is 0 Å². The predicted molar refractivity (Wildman–Crippen MR) is 58.1 cm³/mol. The van der Waals surface area contributed by atoms with Crippen LogP contribution in [0.5, 0.6) is 0 Å². The van der Waals surface area contributed by atoms with Gasteiger partial charge in [-0.05, 0) is 32.4 Å². The minimum absolute atomic E-state index is 0.104. The van der Waals surface area contributed by atoms with Crippen molar-refractivity contribution in [2.24, 2.45) is 5.92 Å². The maximum absolute atomic E-state index is 11.4. The number of nitrogens with zero attached hydrogens (tertiary/aromatic N) is 2. The SMILES string of the molecule is CCCNC(=O)CN1CCC(C#N)CC1. The number of hydrogen-bond acceptors (Lipinski definition) is 3. The Hall–Kier alpha value is -1.08. The fourth-order valence-electron chi connectivity index (χ4n) is 1.74. The zero-order valence-electron chi connectivity index (χ0n) is 9.33. The first-order valence-electron chi connectivity index (χ1n) is 5.65. The van der Waals surface area contributed by atoms with E-state index in [1.807, 2.05) is 6.92 Å². The summed E-state index contributed by atoms with van der Waals surface area (Å²) >= 11 is 0. The quantitative estimate of drug-likeness (QED) is 0.743. The van der Waals surface area contributed by atoms with Crippen LogP contribution in [0.4, 0.5) is 0 Å². The first-order chi connectivity index (χ1) is 7.26. The standard InChI is InChI=1S/C11H19N3O/c1-2-5-13-11(15)9-14-6-3-10(8-12)4-7-14/h10H,2-7,9H2,1H3,(H,13,15). The van der Waals surface area contributed by atoms with Crippen molar-refractivity contribution in [3.8, 4) is 6.07 Å². The lowest BCUT2D eigenvalue weighted by Crippen LogP contribution is -2.41. The van der Waals surface area contributed by atoms with Crippen LogP contribution < -0.4 is 5.32 Å². The topological polar surface area (TPSA) is 56.1 Å². The molecule has 1 saturated heterocycles. The molecule has 0 saturated carbocycles. The number of hydrogen-bond donors (Lipinski definition) is 1. The van der Waals surface area contributed by atoms with Gasteiger partial charge in [0.05, 0.1) is 12.6 Å². The molecule has 1 N–H and O–H groups in total. The Morgan fingerprint density at radius 3 is 2.73 bits per heavy atom. The third kappa shape index (κ3) is 4.30. The van der Waals surface area contributed by atoms with Gasteiger partial charge in [0.2, 0.25) is 5.91 Å². The summed E-state index contributed by atoms with van der Waals surface area (Å²) in [5.74, 6) is 0.298. The number of rotatable bonds is 4. The fourth-order valence-corrected chi connectivity index (χ4v) is 1.74. The number of carbonyl (C=O) groups excluding carboxylic acids is 1. The molecule has 4 nitrogen and oxygen atoms in total. The van der Waals surface area contributed by atoms with Crippen LogP contribution in [0.1, 0.15) is 26.2 Å². The predicted octanol–water partition coefficient (Wildman–Crippen LogP) is 0.748. The molecule has 0 aliphatic carbocycles. The van der Waals surface area contributed by atoms with Crippen LogP contribution in [0, 0.1) is 17.2 Å². The van der Waals surface area contributed by atoms with Crippen LogP contribution in [0.15, 0.2) is 0 Å². The van der Waals surface area contributed by atoms with Crippen molar-refractivity contribution >= 4 is 5.91 Å². The third-order valence-electron chi connectivity index (χ3n) is 2.71. The van der Waals surface area contributed by atoms with E-state index in [-0.39, 0.29) is 11.8 Å². The fraction of sp³-hybridized carbons (Fsp3) is 0.818.